The van der Waals surface area contributed by atoms with Gasteiger partial charge < -0.3 is 20.1 Å². The predicted octanol–water partition coefficient (Wildman–Crippen LogP) is 2.39. The zero-order valence-electron chi connectivity index (χ0n) is 14.3. The molecule has 0 spiro atoms. The third kappa shape index (κ3) is 4.05. The highest BCUT2D eigenvalue weighted by molar-refractivity contribution is 5.80. The number of methoxy groups -OCH3 is 1. The number of fused-ring (bicyclic) bond motifs is 2. The highest BCUT2D eigenvalue weighted by atomic mass is 19.1. The van der Waals surface area contributed by atoms with Crippen LogP contribution in [0.25, 0.3) is 0 Å². The number of halogens is 1. The van der Waals surface area contributed by atoms with E-state index in [0.717, 1.165) is 30.9 Å². The monoisotopic (exact) mass is 335 g/mol. The van der Waals surface area contributed by atoms with Crippen molar-refractivity contribution in [1.29, 1.82) is 0 Å². The van der Waals surface area contributed by atoms with Crippen LogP contribution >= 0.6 is 0 Å². The molecule has 2 saturated heterocycles. The normalized spacial score (nSPS) is 27.3. The summed E-state index contributed by atoms with van der Waals surface area (Å²) in [4.78, 5) is 4.65. The Balaban J connectivity index is 1.62. The second kappa shape index (κ2) is 7.94. The number of hydrogen-bond acceptors (Lipinski definition) is 3. The molecule has 4 atom stereocenters. The Morgan fingerprint density at radius 2 is 2.17 bits per heavy atom. The number of rotatable bonds is 6. The van der Waals surface area contributed by atoms with Gasteiger partial charge in [-0.3, -0.25) is 4.99 Å². The molecule has 132 valence electrons. The third-order valence-corrected chi connectivity index (χ3v) is 4.71. The molecule has 2 aliphatic heterocycles. The maximum Gasteiger partial charge on any atom is 0.191 e. The first-order chi connectivity index (χ1) is 11.7. The topological polar surface area (TPSA) is 54.9 Å². The van der Waals surface area contributed by atoms with Gasteiger partial charge in [-0.15, -0.1) is 0 Å². The molecule has 0 radical (unpaired) electrons. The van der Waals surface area contributed by atoms with Crippen molar-refractivity contribution in [3.8, 4) is 0 Å². The van der Waals surface area contributed by atoms with Crippen molar-refractivity contribution in [2.45, 2.75) is 50.5 Å². The van der Waals surface area contributed by atoms with Crippen LogP contribution in [0.3, 0.4) is 0 Å². The van der Waals surface area contributed by atoms with Crippen LogP contribution < -0.4 is 10.6 Å². The Kier molecular flexibility index (Phi) is 5.68. The lowest BCUT2D eigenvalue weighted by Crippen LogP contribution is -2.47. The zero-order valence-corrected chi connectivity index (χ0v) is 14.3. The van der Waals surface area contributed by atoms with Crippen LogP contribution in [0.2, 0.25) is 0 Å². The van der Waals surface area contributed by atoms with Crippen LogP contribution in [-0.4, -0.2) is 44.4 Å². The van der Waals surface area contributed by atoms with E-state index < -0.39 is 0 Å². The maximum atomic E-state index is 13.1. The van der Waals surface area contributed by atoms with Gasteiger partial charge in [0.15, 0.2) is 5.96 Å². The van der Waals surface area contributed by atoms with Crippen molar-refractivity contribution >= 4 is 5.96 Å². The number of benzene rings is 1. The SMILES string of the molecule is CCNC(=NCC(OC)c1ccc(F)cc1)NC1CC2CCC1O2. The number of nitrogens with one attached hydrogen (secondary N) is 2. The van der Waals surface area contributed by atoms with E-state index in [4.69, 9.17) is 9.47 Å². The van der Waals surface area contributed by atoms with Gasteiger partial charge >= 0.3 is 0 Å². The molecule has 2 bridgehead atoms. The van der Waals surface area contributed by atoms with Crippen molar-refractivity contribution in [3.05, 3.63) is 35.6 Å². The molecular formula is C18H26FN3O2. The Bertz CT molecular complexity index is 564. The fraction of sp³-hybridized carbons (Fsp3) is 0.611. The van der Waals surface area contributed by atoms with Gasteiger partial charge in [0.2, 0.25) is 0 Å². The average molecular weight is 335 g/mol. The molecule has 6 heteroatoms. The summed E-state index contributed by atoms with van der Waals surface area (Å²) in [6, 6.07) is 6.70. The molecule has 2 fully saturated rings. The van der Waals surface area contributed by atoms with Crippen molar-refractivity contribution in [2.75, 3.05) is 20.2 Å². The lowest BCUT2D eigenvalue weighted by atomic mass is 9.96. The van der Waals surface area contributed by atoms with Crippen LogP contribution in [0.4, 0.5) is 4.39 Å². The van der Waals surface area contributed by atoms with Crippen molar-refractivity contribution in [3.63, 3.8) is 0 Å². The summed E-state index contributed by atoms with van der Waals surface area (Å²) in [7, 11) is 1.65. The first-order valence-electron chi connectivity index (χ1n) is 8.68. The minimum Gasteiger partial charge on any atom is -0.375 e. The molecule has 24 heavy (non-hydrogen) atoms. The van der Waals surface area contributed by atoms with E-state index in [9.17, 15) is 4.39 Å². The number of ether oxygens (including phenoxy) is 2. The second-order valence-corrected chi connectivity index (χ2v) is 6.36. The Morgan fingerprint density at radius 3 is 2.75 bits per heavy atom. The minimum absolute atomic E-state index is 0.197. The molecule has 2 aliphatic rings. The highest BCUT2D eigenvalue weighted by Gasteiger charge is 2.41. The summed E-state index contributed by atoms with van der Waals surface area (Å²) in [6.07, 6.45) is 3.85. The maximum absolute atomic E-state index is 13.1. The minimum atomic E-state index is -0.247. The molecule has 1 aromatic rings. The smallest absolute Gasteiger partial charge is 0.191 e. The summed E-state index contributed by atoms with van der Waals surface area (Å²) in [5.74, 6) is 0.534. The van der Waals surface area contributed by atoms with Crippen molar-refractivity contribution in [2.24, 2.45) is 4.99 Å². The van der Waals surface area contributed by atoms with Crippen LogP contribution in [0, 0.1) is 5.82 Å². The largest absolute Gasteiger partial charge is 0.375 e. The molecule has 0 aromatic heterocycles. The van der Waals surface area contributed by atoms with E-state index >= 15 is 0 Å². The Morgan fingerprint density at radius 1 is 1.38 bits per heavy atom. The molecule has 2 N–H and O–H groups in total. The molecule has 5 nitrogen and oxygen atoms in total. The fourth-order valence-corrected chi connectivity index (χ4v) is 3.45. The Hall–Kier alpha value is -1.66. The molecule has 3 rings (SSSR count). The molecule has 4 unspecified atom stereocenters. The second-order valence-electron chi connectivity index (χ2n) is 6.36. The van der Waals surface area contributed by atoms with Crippen LogP contribution in [-0.2, 0) is 9.47 Å². The van der Waals surface area contributed by atoms with Gasteiger partial charge in [-0.2, -0.15) is 0 Å². The van der Waals surface area contributed by atoms with Gasteiger partial charge in [0.1, 0.15) is 11.9 Å². The fourth-order valence-electron chi connectivity index (χ4n) is 3.45. The first kappa shape index (κ1) is 17.2. The summed E-state index contributed by atoms with van der Waals surface area (Å²) < 4.78 is 24.5. The Labute approximate surface area is 142 Å². The number of guanidine groups is 1. The molecule has 2 heterocycles. The van der Waals surface area contributed by atoms with Crippen LogP contribution in [0.1, 0.15) is 37.9 Å². The van der Waals surface area contributed by atoms with Gasteiger partial charge in [0, 0.05) is 13.7 Å². The van der Waals surface area contributed by atoms with E-state index in [1.54, 1.807) is 19.2 Å². The standard InChI is InChI=1S/C18H26FN3O2/c1-3-20-18(22-15-10-14-8-9-16(15)24-14)21-11-17(23-2)12-4-6-13(19)7-5-12/h4-7,14-17H,3,8-11H2,1-2H3,(H2,20,21,22). The van der Waals surface area contributed by atoms with Crippen LogP contribution in [0.5, 0.6) is 0 Å². The van der Waals surface area contributed by atoms with Gasteiger partial charge in [0.25, 0.3) is 0 Å². The molecule has 0 amide bonds. The van der Waals surface area contributed by atoms with E-state index in [-0.39, 0.29) is 11.9 Å². The number of hydrogen-bond donors (Lipinski definition) is 2. The molecule has 1 aromatic carbocycles. The van der Waals surface area contributed by atoms with Gasteiger partial charge in [0.05, 0.1) is 24.8 Å². The van der Waals surface area contributed by atoms with E-state index in [1.165, 1.54) is 18.6 Å². The van der Waals surface area contributed by atoms with Crippen molar-refractivity contribution in [1.82, 2.24) is 10.6 Å². The van der Waals surface area contributed by atoms with E-state index in [2.05, 4.69) is 15.6 Å². The van der Waals surface area contributed by atoms with E-state index in [1.807, 2.05) is 6.92 Å². The van der Waals surface area contributed by atoms with E-state index in [0.29, 0.717) is 24.8 Å². The predicted molar refractivity (Wildman–Crippen MR) is 91.6 cm³/mol. The summed E-state index contributed by atoms with van der Waals surface area (Å²) in [6.45, 7) is 3.31. The van der Waals surface area contributed by atoms with Crippen LogP contribution in [0.15, 0.2) is 29.3 Å². The zero-order chi connectivity index (χ0) is 16.9. The van der Waals surface area contributed by atoms with Gasteiger partial charge in [-0.05, 0) is 43.9 Å². The van der Waals surface area contributed by atoms with Crippen molar-refractivity contribution < 1.29 is 13.9 Å². The quantitative estimate of drug-likeness (QED) is 0.619. The highest BCUT2D eigenvalue weighted by Crippen LogP contribution is 2.34. The summed E-state index contributed by atoms with van der Waals surface area (Å²) in [5, 5.41) is 6.76. The molecular weight excluding hydrogens is 309 g/mol. The first-order valence-corrected chi connectivity index (χ1v) is 8.68. The summed E-state index contributed by atoms with van der Waals surface area (Å²) >= 11 is 0. The molecule has 0 aliphatic carbocycles. The molecule has 0 saturated carbocycles. The average Bonchev–Trinajstić information content (AvgIpc) is 3.20. The number of nitrogens with zero attached hydrogens (tertiary/aromatic N) is 1. The lowest BCUT2D eigenvalue weighted by Gasteiger charge is -2.23. The van der Waals surface area contributed by atoms with Gasteiger partial charge in [-0.25, -0.2) is 4.39 Å². The third-order valence-electron chi connectivity index (χ3n) is 4.71. The number of aliphatic imine (C=N–C) groups is 1. The lowest BCUT2D eigenvalue weighted by molar-refractivity contribution is 0.0991. The van der Waals surface area contributed by atoms with Gasteiger partial charge in [-0.1, -0.05) is 12.1 Å². The summed E-state index contributed by atoms with van der Waals surface area (Å²) in [5.41, 5.74) is 0.918.